The summed E-state index contributed by atoms with van der Waals surface area (Å²) in [6.07, 6.45) is 2.39. The largest absolute Gasteiger partial charge is 0.317 e. The highest BCUT2D eigenvalue weighted by molar-refractivity contribution is 5.53. The molecule has 0 bridgehead atoms. The van der Waals surface area contributed by atoms with Crippen molar-refractivity contribution >= 4 is 6.29 Å². The van der Waals surface area contributed by atoms with Gasteiger partial charge in [0.2, 0.25) is 0 Å². The molecule has 2 aliphatic heterocycles. The molecule has 1 spiro atoms. The van der Waals surface area contributed by atoms with Gasteiger partial charge in [0, 0.05) is 6.54 Å². The van der Waals surface area contributed by atoms with Crippen molar-refractivity contribution in [3.8, 4) is 0 Å². The molecule has 1 aromatic rings. The Kier molecular flexibility index (Phi) is 7.12. The molecule has 3 rings (SSSR count). The molecule has 2 saturated heterocycles. The highest BCUT2D eigenvalue weighted by Gasteiger charge is 2.35. The van der Waals surface area contributed by atoms with Gasteiger partial charge in [-0.15, -0.1) is 0 Å². The lowest BCUT2D eigenvalue weighted by atomic mass is 9.71. The van der Waals surface area contributed by atoms with Crippen LogP contribution in [0.5, 0.6) is 0 Å². The number of aldehydes is 1. The molecule has 0 radical (unpaired) electrons. The van der Waals surface area contributed by atoms with E-state index in [0.29, 0.717) is 5.41 Å². The maximum Gasteiger partial charge on any atom is 0.293 e. The van der Waals surface area contributed by atoms with Gasteiger partial charge in [-0.25, -0.2) is 8.78 Å². The van der Waals surface area contributed by atoms with E-state index >= 15 is 0 Å². The molecule has 0 saturated carbocycles. The van der Waals surface area contributed by atoms with Crippen molar-refractivity contribution in [3.63, 3.8) is 0 Å². The van der Waals surface area contributed by atoms with Crippen molar-refractivity contribution in [1.29, 1.82) is 0 Å². The molecule has 1 N–H and O–H groups in total. The fourth-order valence-electron chi connectivity index (χ4n) is 3.48. The molecule has 2 aliphatic rings. The van der Waals surface area contributed by atoms with Crippen LogP contribution in [-0.2, 0) is 11.3 Å². The van der Waals surface area contributed by atoms with Gasteiger partial charge < -0.3 is 5.32 Å². The quantitative estimate of drug-likeness (QED) is 0.867. The van der Waals surface area contributed by atoms with Crippen molar-refractivity contribution in [3.05, 3.63) is 35.9 Å². The van der Waals surface area contributed by atoms with Gasteiger partial charge in [0.15, 0.2) is 6.29 Å². The second-order valence-corrected chi connectivity index (χ2v) is 6.48. The van der Waals surface area contributed by atoms with Crippen molar-refractivity contribution < 1.29 is 13.6 Å². The zero-order valence-electron chi connectivity index (χ0n) is 13.5. The van der Waals surface area contributed by atoms with E-state index in [1.54, 1.807) is 0 Å². The summed E-state index contributed by atoms with van der Waals surface area (Å²) in [7, 11) is 0. The van der Waals surface area contributed by atoms with E-state index in [0.717, 1.165) is 6.54 Å². The highest BCUT2D eigenvalue weighted by Crippen LogP contribution is 2.39. The minimum atomic E-state index is -2.80. The van der Waals surface area contributed by atoms with Crippen LogP contribution >= 0.6 is 0 Å². The van der Waals surface area contributed by atoms with Crippen LogP contribution in [0.1, 0.15) is 31.2 Å². The molecule has 0 unspecified atom stereocenters. The molecule has 23 heavy (non-hydrogen) atoms. The summed E-state index contributed by atoms with van der Waals surface area (Å²) in [5.41, 5.74) is 2.14. The fraction of sp³-hybridized carbons (Fsp3) is 0.611. The molecule has 1 aromatic carbocycles. The molecule has 0 atom stereocenters. The molecule has 0 aliphatic carbocycles. The second-order valence-electron chi connectivity index (χ2n) is 6.48. The number of alkyl halides is 2. The van der Waals surface area contributed by atoms with E-state index in [4.69, 9.17) is 4.79 Å². The Hall–Kier alpha value is -1.33. The molecule has 3 nitrogen and oxygen atoms in total. The van der Waals surface area contributed by atoms with Crippen molar-refractivity contribution in [2.75, 3.05) is 26.2 Å². The van der Waals surface area contributed by atoms with E-state index in [9.17, 15) is 8.78 Å². The zero-order valence-corrected chi connectivity index (χ0v) is 13.5. The van der Waals surface area contributed by atoms with Crippen LogP contribution in [0.2, 0.25) is 0 Å². The maximum absolute atomic E-state index is 10.4. The average molecular weight is 324 g/mol. The van der Waals surface area contributed by atoms with Crippen molar-refractivity contribution in [2.45, 2.75) is 38.7 Å². The number of likely N-dealkylation sites (tertiary alicyclic amines) is 1. The topological polar surface area (TPSA) is 32.3 Å². The Bertz CT molecular complexity index is 451. The van der Waals surface area contributed by atoms with E-state index in [1.165, 1.54) is 57.4 Å². The summed E-state index contributed by atoms with van der Waals surface area (Å²) in [5, 5.41) is 3.49. The number of nitrogens with zero attached hydrogens (tertiary/aromatic N) is 1. The summed E-state index contributed by atoms with van der Waals surface area (Å²) < 4.78 is 20.8. The highest BCUT2D eigenvalue weighted by atomic mass is 19.3. The van der Waals surface area contributed by atoms with Crippen molar-refractivity contribution in [1.82, 2.24) is 10.2 Å². The Morgan fingerprint density at radius 1 is 1.09 bits per heavy atom. The predicted molar refractivity (Wildman–Crippen MR) is 87.6 cm³/mol. The molecule has 0 amide bonds. The minimum Gasteiger partial charge on any atom is -0.317 e. The van der Waals surface area contributed by atoms with Crippen LogP contribution in [0.3, 0.4) is 0 Å². The standard InChI is InChI=1S/C16H24N2.C2H2F2O/c1-2-4-15(5-3-1)14-18-12-8-16(9-13-18)6-10-17-11-7-16;3-2(4)1-5/h1-5,17H,6-14H2;1-2H. The Morgan fingerprint density at radius 2 is 1.65 bits per heavy atom. The minimum absolute atomic E-state index is 0.417. The number of hydrogen-bond acceptors (Lipinski definition) is 3. The number of carbonyl (C=O) groups is 1. The maximum atomic E-state index is 10.4. The van der Waals surface area contributed by atoms with Gasteiger partial charge in [0.25, 0.3) is 6.43 Å². The first-order valence-corrected chi connectivity index (χ1v) is 8.34. The third-order valence-electron chi connectivity index (χ3n) is 4.93. The monoisotopic (exact) mass is 324 g/mol. The van der Waals surface area contributed by atoms with Crippen LogP contribution in [0.15, 0.2) is 30.3 Å². The normalized spacial score (nSPS) is 20.8. The molecular weight excluding hydrogens is 298 g/mol. The van der Waals surface area contributed by atoms with Gasteiger partial charge in [-0.2, -0.15) is 0 Å². The van der Waals surface area contributed by atoms with Gasteiger partial charge in [0.05, 0.1) is 0 Å². The lowest BCUT2D eigenvalue weighted by Gasteiger charge is -2.44. The zero-order chi connectivity index (χ0) is 16.5. The first kappa shape index (κ1) is 18.0. The number of piperidine rings is 2. The van der Waals surface area contributed by atoms with Crippen molar-refractivity contribution in [2.24, 2.45) is 5.41 Å². The summed E-state index contributed by atoms with van der Waals surface area (Å²) >= 11 is 0. The number of rotatable bonds is 3. The van der Waals surface area contributed by atoms with Gasteiger partial charge in [-0.3, -0.25) is 9.69 Å². The fourth-order valence-corrected chi connectivity index (χ4v) is 3.48. The van der Waals surface area contributed by atoms with Gasteiger partial charge in [-0.05, 0) is 62.8 Å². The first-order chi connectivity index (χ1) is 11.1. The Balaban J connectivity index is 0.000000338. The smallest absolute Gasteiger partial charge is 0.293 e. The van der Waals surface area contributed by atoms with Gasteiger partial charge in [-0.1, -0.05) is 30.3 Å². The number of halogens is 2. The molecule has 2 fully saturated rings. The van der Waals surface area contributed by atoms with Crippen LogP contribution in [0.25, 0.3) is 0 Å². The van der Waals surface area contributed by atoms with Crippen LogP contribution in [-0.4, -0.2) is 43.8 Å². The number of nitrogens with one attached hydrogen (secondary N) is 1. The molecule has 5 heteroatoms. The number of carbonyl (C=O) groups excluding carboxylic acids is 1. The molecule has 2 heterocycles. The molecule has 0 aromatic heterocycles. The molecule has 128 valence electrons. The average Bonchev–Trinajstić information content (AvgIpc) is 2.59. The first-order valence-electron chi connectivity index (χ1n) is 8.34. The summed E-state index contributed by atoms with van der Waals surface area (Å²) in [4.78, 5) is 11.4. The third kappa shape index (κ3) is 5.99. The van der Waals surface area contributed by atoms with E-state index in [-0.39, 0.29) is 0 Å². The predicted octanol–water partition coefficient (Wildman–Crippen LogP) is 3.10. The van der Waals surface area contributed by atoms with E-state index < -0.39 is 12.7 Å². The Morgan fingerprint density at radius 3 is 2.17 bits per heavy atom. The number of benzene rings is 1. The Labute approximate surface area is 137 Å². The SMILES string of the molecule is O=CC(F)F.c1ccc(CN2CCC3(CCNCC3)CC2)cc1. The summed E-state index contributed by atoms with van der Waals surface area (Å²) in [6.45, 7) is 6.18. The van der Waals surface area contributed by atoms with Gasteiger partial charge >= 0.3 is 0 Å². The van der Waals surface area contributed by atoms with Gasteiger partial charge in [0.1, 0.15) is 0 Å². The second kappa shape index (κ2) is 9.08. The van der Waals surface area contributed by atoms with Crippen LogP contribution in [0.4, 0.5) is 8.78 Å². The number of hydrogen-bond donors (Lipinski definition) is 1. The van der Waals surface area contributed by atoms with E-state index in [1.807, 2.05) is 0 Å². The van der Waals surface area contributed by atoms with Crippen LogP contribution < -0.4 is 5.32 Å². The van der Waals surface area contributed by atoms with Crippen LogP contribution in [0, 0.1) is 5.41 Å². The van der Waals surface area contributed by atoms with E-state index in [2.05, 4.69) is 40.5 Å². The lowest BCUT2D eigenvalue weighted by Crippen LogP contribution is -2.45. The lowest BCUT2D eigenvalue weighted by molar-refractivity contribution is -0.116. The molecular formula is C18H26F2N2O. The third-order valence-corrected chi connectivity index (χ3v) is 4.93. The summed E-state index contributed by atoms with van der Waals surface area (Å²) in [5.74, 6) is 0. The summed E-state index contributed by atoms with van der Waals surface area (Å²) in [6, 6.07) is 10.9.